The second-order valence-electron chi connectivity index (χ2n) is 4.55. The first-order chi connectivity index (χ1) is 10.2. The average Bonchev–Trinajstić information content (AvgIpc) is 2.52. The number of rotatable bonds is 6. The highest BCUT2D eigenvalue weighted by Gasteiger charge is 2.11. The van der Waals surface area contributed by atoms with Gasteiger partial charge in [0.1, 0.15) is 17.3 Å². The van der Waals surface area contributed by atoms with Crippen molar-refractivity contribution < 1.29 is 13.9 Å². The summed E-state index contributed by atoms with van der Waals surface area (Å²) in [6.07, 6.45) is 0.528. The van der Waals surface area contributed by atoms with Crippen molar-refractivity contribution in [3.8, 4) is 17.6 Å². The molecule has 1 atom stereocenters. The first kappa shape index (κ1) is 14.9. The van der Waals surface area contributed by atoms with Gasteiger partial charge in [-0.2, -0.15) is 5.26 Å². The minimum atomic E-state index is -0.336. The average molecular weight is 285 g/mol. The normalized spacial score (nSPS) is 11.5. The van der Waals surface area contributed by atoms with Crippen LogP contribution in [-0.4, -0.2) is 13.7 Å². The molecule has 0 heterocycles. The lowest BCUT2D eigenvalue weighted by molar-refractivity contribution is 0.304. The van der Waals surface area contributed by atoms with Crippen LogP contribution in [-0.2, 0) is 0 Å². The minimum Gasteiger partial charge on any atom is -0.497 e. The summed E-state index contributed by atoms with van der Waals surface area (Å²) in [6.45, 7) is 0.346. The smallest absolute Gasteiger partial charge is 0.126 e. The van der Waals surface area contributed by atoms with Gasteiger partial charge in [0.05, 0.1) is 25.7 Å². The van der Waals surface area contributed by atoms with Crippen LogP contribution in [0.5, 0.6) is 11.5 Å². The summed E-state index contributed by atoms with van der Waals surface area (Å²) in [5.41, 5.74) is 0.889. The summed E-state index contributed by atoms with van der Waals surface area (Å²) in [5.74, 6) is 0.571. The zero-order chi connectivity index (χ0) is 15.1. The highest BCUT2D eigenvalue weighted by atomic mass is 19.1. The third-order valence-corrected chi connectivity index (χ3v) is 3.12. The fraction of sp³-hybridized carbons (Fsp3) is 0.235. The summed E-state index contributed by atoms with van der Waals surface area (Å²) in [4.78, 5) is 0. The van der Waals surface area contributed by atoms with Crippen molar-refractivity contribution in [3.63, 3.8) is 0 Å². The molecular weight excluding hydrogens is 269 g/mol. The van der Waals surface area contributed by atoms with Crippen molar-refractivity contribution in [2.24, 2.45) is 0 Å². The van der Waals surface area contributed by atoms with Crippen molar-refractivity contribution in [1.29, 1.82) is 5.26 Å². The van der Waals surface area contributed by atoms with Gasteiger partial charge in [-0.05, 0) is 29.8 Å². The van der Waals surface area contributed by atoms with Crippen LogP contribution in [0.4, 0.5) is 4.39 Å². The molecule has 0 aromatic heterocycles. The Morgan fingerprint density at radius 2 is 1.90 bits per heavy atom. The molecule has 0 amide bonds. The van der Waals surface area contributed by atoms with E-state index in [0.29, 0.717) is 18.8 Å². The molecule has 0 fully saturated rings. The second kappa shape index (κ2) is 7.30. The fourth-order valence-corrected chi connectivity index (χ4v) is 2.02. The van der Waals surface area contributed by atoms with E-state index in [4.69, 9.17) is 9.47 Å². The number of halogens is 1. The molecule has 3 nitrogen and oxygen atoms in total. The third-order valence-electron chi connectivity index (χ3n) is 3.12. The Labute approximate surface area is 123 Å². The van der Waals surface area contributed by atoms with Crippen molar-refractivity contribution in [2.45, 2.75) is 12.3 Å². The van der Waals surface area contributed by atoms with E-state index >= 15 is 0 Å². The maximum absolute atomic E-state index is 13.0. The van der Waals surface area contributed by atoms with Crippen molar-refractivity contribution in [2.75, 3.05) is 13.7 Å². The number of hydrogen-bond donors (Lipinski definition) is 0. The molecule has 21 heavy (non-hydrogen) atoms. The molecule has 0 aliphatic carbocycles. The molecule has 2 aromatic rings. The Morgan fingerprint density at radius 1 is 1.14 bits per heavy atom. The maximum atomic E-state index is 13.0. The van der Waals surface area contributed by atoms with Crippen molar-refractivity contribution in [1.82, 2.24) is 0 Å². The monoisotopic (exact) mass is 285 g/mol. The van der Waals surface area contributed by atoms with Gasteiger partial charge in [0.2, 0.25) is 0 Å². The molecule has 108 valence electrons. The van der Waals surface area contributed by atoms with Gasteiger partial charge in [0.25, 0.3) is 0 Å². The number of ether oxygens (including phenoxy) is 2. The molecule has 1 unspecified atom stereocenters. The molecule has 2 aromatic carbocycles. The van der Waals surface area contributed by atoms with Gasteiger partial charge in [-0.15, -0.1) is 0 Å². The van der Waals surface area contributed by atoms with E-state index in [-0.39, 0.29) is 11.7 Å². The molecule has 4 heteroatoms. The van der Waals surface area contributed by atoms with Crippen molar-refractivity contribution in [3.05, 3.63) is 59.9 Å². The first-order valence-electron chi connectivity index (χ1n) is 6.65. The molecule has 0 saturated heterocycles. The van der Waals surface area contributed by atoms with Gasteiger partial charge in [-0.3, -0.25) is 0 Å². The summed E-state index contributed by atoms with van der Waals surface area (Å²) >= 11 is 0. The van der Waals surface area contributed by atoms with Crippen LogP contribution in [0, 0.1) is 17.1 Å². The summed E-state index contributed by atoms with van der Waals surface area (Å²) in [6, 6.07) is 15.6. The lowest BCUT2D eigenvalue weighted by Gasteiger charge is -2.12. The predicted molar refractivity (Wildman–Crippen MR) is 77.9 cm³/mol. The van der Waals surface area contributed by atoms with Gasteiger partial charge in [-0.1, -0.05) is 18.2 Å². The Balaban J connectivity index is 1.95. The van der Waals surface area contributed by atoms with E-state index < -0.39 is 0 Å². The zero-order valence-corrected chi connectivity index (χ0v) is 11.8. The van der Waals surface area contributed by atoms with Crippen LogP contribution in [0.3, 0.4) is 0 Å². The van der Waals surface area contributed by atoms with Crippen LogP contribution < -0.4 is 9.47 Å². The summed E-state index contributed by atoms with van der Waals surface area (Å²) in [7, 11) is 1.59. The lowest BCUT2D eigenvalue weighted by Crippen LogP contribution is -2.05. The van der Waals surface area contributed by atoms with Gasteiger partial charge < -0.3 is 9.47 Å². The molecule has 0 saturated carbocycles. The van der Waals surface area contributed by atoms with Crippen LogP contribution in [0.2, 0.25) is 0 Å². The van der Waals surface area contributed by atoms with Gasteiger partial charge in [0, 0.05) is 12.5 Å². The largest absolute Gasteiger partial charge is 0.497 e. The van der Waals surface area contributed by atoms with Gasteiger partial charge in [0.15, 0.2) is 0 Å². The Hall–Kier alpha value is -2.54. The quantitative estimate of drug-likeness (QED) is 0.808. The second-order valence-corrected chi connectivity index (χ2v) is 4.55. The molecule has 0 N–H and O–H groups in total. The number of methoxy groups -OCH3 is 1. The van der Waals surface area contributed by atoms with Crippen LogP contribution in [0.25, 0.3) is 0 Å². The molecule has 2 rings (SSSR count). The first-order valence-corrected chi connectivity index (χ1v) is 6.65. The molecule has 0 spiro atoms. The molecule has 0 radical (unpaired) electrons. The summed E-state index contributed by atoms with van der Waals surface area (Å²) < 4.78 is 23.7. The number of benzene rings is 2. The van der Waals surface area contributed by atoms with E-state index in [1.165, 1.54) is 12.1 Å². The van der Waals surface area contributed by atoms with Gasteiger partial charge in [-0.25, -0.2) is 4.39 Å². The highest BCUT2D eigenvalue weighted by Crippen LogP contribution is 2.23. The fourth-order valence-electron chi connectivity index (χ4n) is 2.02. The number of hydrogen-bond acceptors (Lipinski definition) is 3. The Morgan fingerprint density at radius 3 is 2.62 bits per heavy atom. The van der Waals surface area contributed by atoms with E-state index in [1.54, 1.807) is 19.2 Å². The van der Waals surface area contributed by atoms with Crippen LogP contribution in [0.1, 0.15) is 17.9 Å². The summed E-state index contributed by atoms with van der Waals surface area (Å²) in [5, 5.41) is 9.28. The number of nitrogens with zero attached hydrogens (tertiary/aromatic N) is 1. The third kappa shape index (κ3) is 4.22. The van der Waals surface area contributed by atoms with E-state index in [2.05, 4.69) is 6.07 Å². The van der Waals surface area contributed by atoms with E-state index in [1.807, 2.05) is 24.3 Å². The maximum Gasteiger partial charge on any atom is 0.126 e. The SMILES string of the molecule is COc1cccc(C(C#N)CCOc2cccc(F)c2)c1. The predicted octanol–water partition coefficient (Wildman–Crippen LogP) is 3.91. The molecule has 0 bridgehead atoms. The lowest BCUT2D eigenvalue weighted by atomic mass is 9.97. The van der Waals surface area contributed by atoms with Crippen LogP contribution >= 0.6 is 0 Å². The van der Waals surface area contributed by atoms with Gasteiger partial charge >= 0.3 is 0 Å². The number of nitriles is 1. The topological polar surface area (TPSA) is 42.2 Å². The standard InChI is InChI=1S/C17H16FNO2/c1-20-16-6-2-4-13(10-16)14(12-19)8-9-21-17-7-3-5-15(18)11-17/h2-7,10-11,14H,8-9H2,1H3. The zero-order valence-electron chi connectivity index (χ0n) is 11.8. The molecule has 0 aliphatic heterocycles. The molecule has 0 aliphatic rings. The Kier molecular flexibility index (Phi) is 5.16. The van der Waals surface area contributed by atoms with E-state index in [9.17, 15) is 9.65 Å². The van der Waals surface area contributed by atoms with Crippen LogP contribution in [0.15, 0.2) is 48.5 Å². The van der Waals surface area contributed by atoms with Crippen molar-refractivity contribution >= 4 is 0 Å². The Bertz CT molecular complexity index is 637. The highest BCUT2D eigenvalue weighted by molar-refractivity contribution is 5.33. The minimum absolute atomic E-state index is 0.284. The van der Waals surface area contributed by atoms with E-state index in [0.717, 1.165) is 11.3 Å². The molecular formula is C17H16FNO2.